The normalized spacial score (nSPS) is 11.4. The third-order valence-corrected chi connectivity index (χ3v) is 7.59. The zero-order chi connectivity index (χ0) is 29.8. The molecule has 4 rings (SSSR count). The number of methoxy groups -OCH3 is 1. The van der Waals surface area contributed by atoms with Gasteiger partial charge in [0.15, 0.2) is 0 Å². The van der Waals surface area contributed by atoms with E-state index < -0.39 is 28.5 Å². The fourth-order valence-corrected chi connectivity index (χ4v) is 5.61. The number of carbonyl (C=O) groups is 1. The maximum absolute atomic E-state index is 14.0. The van der Waals surface area contributed by atoms with E-state index in [9.17, 15) is 18.8 Å². The highest BCUT2D eigenvalue weighted by atomic mass is 32.1. The van der Waals surface area contributed by atoms with Crippen molar-refractivity contribution in [1.82, 2.24) is 24.2 Å². The summed E-state index contributed by atoms with van der Waals surface area (Å²) in [5.74, 6) is -0.368. The van der Waals surface area contributed by atoms with E-state index in [0.717, 1.165) is 4.57 Å². The number of fused-ring (bicyclic) bond motifs is 1. The summed E-state index contributed by atoms with van der Waals surface area (Å²) in [6.07, 6.45) is 3.65. The summed E-state index contributed by atoms with van der Waals surface area (Å²) in [5, 5.41) is 15.7. The Kier molecular flexibility index (Phi) is 9.69. The fourth-order valence-electron chi connectivity index (χ4n) is 4.35. The molecule has 3 heterocycles. The molecule has 0 saturated heterocycles. The maximum Gasteiger partial charge on any atom is 0.333 e. The van der Waals surface area contributed by atoms with Crippen LogP contribution in [-0.2, 0) is 23.3 Å². The van der Waals surface area contributed by atoms with E-state index in [0.29, 0.717) is 32.1 Å². The summed E-state index contributed by atoms with van der Waals surface area (Å²) in [6.45, 7) is 10.6. The molecule has 0 unspecified atom stereocenters. The van der Waals surface area contributed by atoms with Crippen LogP contribution in [0, 0.1) is 12.7 Å². The van der Waals surface area contributed by atoms with Crippen molar-refractivity contribution in [2.75, 3.05) is 13.7 Å². The number of thiophene rings is 1. The molecule has 1 aromatic carbocycles. The van der Waals surface area contributed by atoms with Gasteiger partial charge in [-0.15, -0.1) is 0 Å². The van der Waals surface area contributed by atoms with Crippen LogP contribution in [0.5, 0.6) is 5.75 Å². The van der Waals surface area contributed by atoms with Crippen molar-refractivity contribution in [3.8, 4) is 10.8 Å². The molecule has 3 aromatic heterocycles. The van der Waals surface area contributed by atoms with Gasteiger partial charge in [-0.2, -0.15) is 5.10 Å². The molecule has 0 saturated carbocycles. The maximum atomic E-state index is 14.0. The molecule has 0 aliphatic rings. The van der Waals surface area contributed by atoms with Crippen LogP contribution in [0.1, 0.15) is 45.7 Å². The molecule has 0 fully saturated rings. The van der Waals surface area contributed by atoms with Gasteiger partial charge in [0, 0.05) is 37.2 Å². The fraction of sp³-hybridized carbons (Fsp3) is 0.429. The van der Waals surface area contributed by atoms with Gasteiger partial charge in [0.25, 0.3) is 5.56 Å². The highest BCUT2D eigenvalue weighted by molar-refractivity contribution is 7.21. The number of nitrogens with one attached hydrogen (secondary N) is 1. The van der Waals surface area contributed by atoms with Crippen molar-refractivity contribution in [1.29, 1.82) is 0 Å². The minimum atomic E-state index is -1.47. The largest absolute Gasteiger partial charge is 0.496 e. The quantitative estimate of drug-likeness (QED) is 0.334. The minimum Gasteiger partial charge on any atom is -0.496 e. The molecular formula is C28H36FN5O5S. The van der Waals surface area contributed by atoms with E-state index in [1.54, 1.807) is 50.8 Å². The molecule has 216 valence electrons. The van der Waals surface area contributed by atoms with Gasteiger partial charge < -0.3 is 15.2 Å². The van der Waals surface area contributed by atoms with E-state index in [2.05, 4.69) is 10.4 Å². The lowest BCUT2D eigenvalue weighted by Gasteiger charge is -2.27. The molecule has 10 nitrogen and oxygen atoms in total. The molecule has 12 heteroatoms. The van der Waals surface area contributed by atoms with Gasteiger partial charge in [-0.25, -0.2) is 18.4 Å². The topological polar surface area (TPSA) is 120 Å². The average molecular weight is 574 g/mol. The summed E-state index contributed by atoms with van der Waals surface area (Å²) in [4.78, 5) is 41.3. The number of nitrogens with zero attached hydrogens (tertiary/aromatic N) is 4. The Bertz CT molecular complexity index is 1600. The van der Waals surface area contributed by atoms with Crippen molar-refractivity contribution in [2.24, 2.45) is 0 Å². The van der Waals surface area contributed by atoms with E-state index in [-0.39, 0.29) is 25.6 Å². The molecule has 0 bridgehead atoms. The number of carbonyl (C=O) groups excluding carboxylic acids is 1. The molecule has 0 aliphatic carbocycles. The number of benzene rings is 1. The predicted octanol–water partition coefficient (Wildman–Crippen LogP) is 3.37. The van der Waals surface area contributed by atoms with Crippen LogP contribution < -0.4 is 21.3 Å². The Morgan fingerprint density at radius 3 is 2.52 bits per heavy atom. The zero-order valence-electron chi connectivity index (χ0n) is 23.8. The van der Waals surface area contributed by atoms with Crippen LogP contribution in [0.25, 0.3) is 15.2 Å². The molecular weight excluding hydrogens is 537 g/mol. The van der Waals surface area contributed by atoms with Gasteiger partial charge in [0.05, 0.1) is 12.5 Å². The number of ether oxygens (including phenoxy) is 1. The number of aromatic nitrogens is 4. The van der Waals surface area contributed by atoms with E-state index >= 15 is 0 Å². The van der Waals surface area contributed by atoms with Crippen LogP contribution in [0.3, 0.4) is 0 Å². The van der Waals surface area contributed by atoms with Crippen LogP contribution in [0.15, 0.2) is 46.2 Å². The molecule has 2 N–H and O–H groups in total. The highest BCUT2D eigenvalue weighted by Gasteiger charge is 2.35. The smallest absolute Gasteiger partial charge is 0.333 e. The Balaban J connectivity index is 0.00000141. The molecule has 1 amide bonds. The van der Waals surface area contributed by atoms with Crippen molar-refractivity contribution >= 4 is 27.5 Å². The number of hydrogen-bond donors (Lipinski definition) is 2. The van der Waals surface area contributed by atoms with Gasteiger partial charge in [0.2, 0.25) is 5.91 Å². The van der Waals surface area contributed by atoms with Gasteiger partial charge in [-0.05, 0) is 77.8 Å². The number of halogens is 1. The lowest BCUT2D eigenvalue weighted by Crippen LogP contribution is -2.56. The number of aliphatic hydroxyl groups is 1. The van der Waals surface area contributed by atoms with Crippen LogP contribution in [0.4, 0.5) is 4.39 Å². The second-order valence-corrected chi connectivity index (χ2v) is 10.9. The predicted molar refractivity (Wildman–Crippen MR) is 154 cm³/mol. The van der Waals surface area contributed by atoms with Gasteiger partial charge >= 0.3 is 5.69 Å². The van der Waals surface area contributed by atoms with Crippen molar-refractivity contribution in [2.45, 2.75) is 66.1 Å². The molecule has 0 aliphatic heterocycles. The number of rotatable bonds is 8. The lowest BCUT2D eigenvalue weighted by atomic mass is 10.0. The van der Waals surface area contributed by atoms with E-state index in [1.807, 2.05) is 13.8 Å². The highest BCUT2D eigenvalue weighted by Crippen LogP contribution is 2.31. The third kappa shape index (κ3) is 6.02. The number of hydrogen-bond acceptors (Lipinski definition) is 7. The van der Waals surface area contributed by atoms with E-state index in [1.165, 1.54) is 41.2 Å². The van der Waals surface area contributed by atoms with Crippen molar-refractivity contribution in [3.63, 3.8) is 0 Å². The van der Waals surface area contributed by atoms with Gasteiger partial charge in [-0.1, -0.05) is 11.3 Å². The minimum absolute atomic E-state index is 0.135. The SMILES string of the molecule is CCO.COc1ccc(F)cc1CCn1c(=O)n(C(C)(C)C(=O)NC(C)C)c(=O)c2c(C)c(-n3cccn3)sc21. The molecule has 0 atom stereocenters. The second-order valence-electron chi connectivity index (χ2n) is 9.95. The zero-order valence-corrected chi connectivity index (χ0v) is 24.6. The molecule has 40 heavy (non-hydrogen) atoms. The second kappa shape index (κ2) is 12.6. The van der Waals surface area contributed by atoms with Gasteiger partial charge in [0.1, 0.15) is 26.9 Å². The molecule has 0 spiro atoms. The molecule has 0 radical (unpaired) electrons. The Hall–Kier alpha value is -3.77. The summed E-state index contributed by atoms with van der Waals surface area (Å²) >= 11 is 1.27. The van der Waals surface area contributed by atoms with Crippen molar-refractivity contribution in [3.05, 3.63) is 74.4 Å². The van der Waals surface area contributed by atoms with Crippen LogP contribution >= 0.6 is 11.3 Å². The van der Waals surface area contributed by atoms with Crippen LogP contribution in [-0.4, -0.2) is 49.7 Å². The first-order chi connectivity index (χ1) is 18.9. The van der Waals surface area contributed by atoms with Crippen LogP contribution in [0.2, 0.25) is 0 Å². The summed E-state index contributed by atoms with van der Waals surface area (Å²) in [5.41, 5.74) is -1.40. The lowest BCUT2D eigenvalue weighted by molar-refractivity contribution is -0.129. The standard InChI is InChI=1S/C26H30FN5O4S.C2H6O/c1-15(2)29-24(34)26(4,5)32-21(33)20-16(3)22(31-12-7-11-28-31)37-23(20)30(25(32)35)13-10-17-14-18(27)8-9-19(17)36-6;1-2-3/h7-9,11-12,14-15H,10,13H2,1-6H3,(H,29,34);3H,2H2,1H3. The number of aliphatic hydroxyl groups excluding tert-OH is 1. The Morgan fingerprint density at radius 1 is 1.27 bits per heavy atom. The monoisotopic (exact) mass is 573 g/mol. The first kappa shape index (κ1) is 30.8. The average Bonchev–Trinajstić information content (AvgIpc) is 3.52. The third-order valence-electron chi connectivity index (χ3n) is 6.28. The van der Waals surface area contributed by atoms with E-state index in [4.69, 9.17) is 9.84 Å². The first-order valence-corrected chi connectivity index (χ1v) is 13.7. The molecule has 4 aromatic rings. The van der Waals surface area contributed by atoms with Crippen molar-refractivity contribution < 1.29 is 19.0 Å². The summed E-state index contributed by atoms with van der Waals surface area (Å²) in [6, 6.07) is 5.80. The first-order valence-electron chi connectivity index (χ1n) is 12.9. The summed E-state index contributed by atoms with van der Waals surface area (Å²) < 4.78 is 23.5. The summed E-state index contributed by atoms with van der Waals surface area (Å²) in [7, 11) is 1.50. The number of amides is 1. The number of aryl methyl sites for hydroxylation is 3. The Morgan fingerprint density at radius 2 is 1.95 bits per heavy atom. The Labute approximate surface area is 235 Å². The van der Waals surface area contributed by atoms with Gasteiger partial charge in [-0.3, -0.25) is 14.2 Å².